The summed E-state index contributed by atoms with van der Waals surface area (Å²) in [6.45, 7) is 6.06. The largest absolute Gasteiger partial charge is 0.0958 e. The second-order valence-corrected chi connectivity index (χ2v) is 3.59. The third-order valence-electron chi connectivity index (χ3n) is 2.55. The lowest BCUT2D eigenvalue weighted by Gasteiger charge is -2.05. The summed E-state index contributed by atoms with van der Waals surface area (Å²) in [7, 11) is 0. The van der Waals surface area contributed by atoms with E-state index in [4.69, 9.17) is 0 Å². The van der Waals surface area contributed by atoms with Crippen LogP contribution in [0.25, 0.3) is 0 Å². The van der Waals surface area contributed by atoms with E-state index in [1.807, 2.05) is 0 Å². The van der Waals surface area contributed by atoms with E-state index in [2.05, 4.69) is 31.7 Å². The van der Waals surface area contributed by atoms with Gasteiger partial charge in [0.2, 0.25) is 0 Å². The van der Waals surface area contributed by atoms with E-state index in [0.29, 0.717) is 0 Å². The van der Waals surface area contributed by atoms with Gasteiger partial charge in [-0.2, -0.15) is 0 Å². The first-order valence-electron chi connectivity index (χ1n) is 4.53. The summed E-state index contributed by atoms with van der Waals surface area (Å²) in [5.41, 5.74) is 5.58. The Morgan fingerprint density at radius 1 is 1.33 bits per heavy atom. The molecule has 0 heteroatoms. The van der Waals surface area contributed by atoms with E-state index in [0.717, 1.165) is 6.42 Å². The van der Waals surface area contributed by atoms with Crippen LogP contribution in [0, 0.1) is 0 Å². The first-order chi connectivity index (χ1) is 5.77. The van der Waals surface area contributed by atoms with Crippen LogP contribution in [0.5, 0.6) is 0 Å². The molecule has 0 aromatic rings. The van der Waals surface area contributed by atoms with Crippen molar-refractivity contribution in [1.29, 1.82) is 0 Å². The molecule has 62 valence electrons. The standard InChI is InChI=1S/C12H14/c1-9(2)12-7-10-5-3-4-6-11(10)8-12/h5-7H,1,3-4,8H2,2H3. The third kappa shape index (κ3) is 1.18. The zero-order valence-corrected chi connectivity index (χ0v) is 7.56. The van der Waals surface area contributed by atoms with Crippen LogP contribution in [0.3, 0.4) is 0 Å². The van der Waals surface area contributed by atoms with Gasteiger partial charge < -0.3 is 0 Å². The molecule has 2 aliphatic carbocycles. The molecule has 0 aromatic heterocycles. The van der Waals surface area contributed by atoms with Crippen molar-refractivity contribution in [3.05, 3.63) is 47.1 Å². The van der Waals surface area contributed by atoms with Gasteiger partial charge in [-0.25, -0.2) is 0 Å². The van der Waals surface area contributed by atoms with E-state index >= 15 is 0 Å². The minimum absolute atomic E-state index is 1.11. The number of allylic oxidation sites excluding steroid dienone is 7. The first kappa shape index (κ1) is 7.60. The summed E-state index contributed by atoms with van der Waals surface area (Å²) in [6.07, 6.45) is 10.5. The van der Waals surface area contributed by atoms with Crippen molar-refractivity contribution >= 4 is 0 Å². The lowest BCUT2D eigenvalue weighted by atomic mass is 10.00. The Morgan fingerprint density at radius 2 is 2.08 bits per heavy atom. The molecule has 0 atom stereocenters. The summed E-state index contributed by atoms with van der Waals surface area (Å²) in [6, 6.07) is 0. The monoisotopic (exact) mass is 158 g/mol. The molecule has 0 nitrogen and oxygen atoms in total. The smallest absolute Gasteiger partial charge is 0.00205 e. The molecule has 0 spiro atoms. The maximum absolute atomic E-state index is 3.97. The fourth-order valence-corrected chi connectivity index (χ4v) is 1.79. The summed E-state index contributed by atoms with van der Waals surface area (Å²) >= 11 is 0. The van der Waals surface area contributed by atoms with E-state index in [1.54, 1.807) is 0 Å². The average molecular weight is 158 g/mol. The molecule has 0 saturated carbocycles. The Morgan fingerprint density at radius 3 is 2.75 bits per heavy atom. The fraction of sp³-hybridized carbons (Fsp3) is 0.333. The van der Waals surface area contributed by atoms with Crippen molar-refractivity contribution in [3.63, 3.8) is 0 Å². The molecule has 0 aromatic carbocycles. The van der Waals surface area contributed by atoms with Gasteiger partial charge in [-0.1, -0.05) is 30.4 Å². The molecule has 0 bridgehead atoms. The number of rotatable bonds is 1. The predicted molar refractivity (Wildman–Crippen MR) is 52.9 cm³/mol. The highest BCUT2D eigenvalue weighted by atomic mass is 14.2. The van der Waals surface area contributed by atoms with Crippen molar-refractivity contribution in [2.75, 3.05) is 0 Å². The first-order valence-corrected chi connectivity index (χ1v) is 4.53. The molecule has 0 aliphatic heterocycles. The normalized spacial score (nSPS) is 20.9. The van der Waals surface area contributed by atoms with Crippen LogP contribution in [-0.2, 0) is 0 Å². The summed E-state index contributed by atoms with van der Waals surface area (Å²) < 4.78 is 0. The van der Waals surface area contributed by atoms with Gasteiger partial charge >= 0.3 is 0 Å². The second kappa shape index (κ2) is 2.78. The highest BCUT2D eigenvalue weighted by Crippen LogP contribution is 2.35. The Labute approximate surface area is 74.0 Å². The molecule has 0 unspecified atom stereocenters. The van der Waals surface area contributed by atoms with Crippen LogP contribution in [0.4, 0.5) is 0 Å². The molecule has 12 heavy (non-hydrogen) atoms. The molecule has 2 rings (SSSR count). The third-order valence-corrected chi connectivity index (χ3v) is 2.55. The van der Waals surface area contributed by atoms with E-state index in [-0.39, 0.29) is 0 Å². The highest BCUT2D eigenvalue weighted by Gasteiger charge is 2.16. The fourth-order valence-electron chi connectivity index (χ4n) is 1.79. The number of hydrogen-bond acceptors (Lipinski definition) is 0. The van der Waals surface area contributed by atoms with Gasteiger partial charge in [-0.3, -0.25) is 0 Å². The minimum Gasteiger partial charge on any atom is -0.0958 e. The van der Waals surface area contributed by atoms with Gasteiger partial charge in [0.1, 0.15) is 0 Å². The molecule has 0 saturated heterocycles. The lowest BCUT2D eigenvalue weighted by Crippen LogP contribution is -1.86. The van der Waals surface area contributed by atoms with Crippen LogP contribution in [0.15, 0.2) is 47.1 Å². The summed E-state index contributed by atoms with van der Waals surface area (Å²) in [5.74, 6) is 0. The van der Waals surface area contributed by atoms with Crippen LogP contribution < -0.4 is 0 Å². The topological polar surface area (TPSA) is 0 Å². The SMILES string of the molecule is C=C(C)C1=CC2=CCCC=C2C1. The maximum atomic E-state index is 3.97. The van der Waals surface area contributed by atoms with Crippen LogP contribution in [-0.4, -0.2) is 0 Å². The van der Waals surface area contributed by atoms with Crippen molar-refractivity contribution in [1.82, 2.24) is 0 Å². The number of hydrogen-bond donors (Lipinski definition) is 0. The minimum atomic E-state index is 1.11. The summed E-state index contributed by atoms with van der Waals surface area (Å²) in [5, 5.41) is 0. The van der Waals surface area contributed by atoms with Gasteiger partial charge in [0, 0.05) is 0 Å². The predicted octanol–water partition coefficient (Wildman–Crippen LogP) is 3.54. The Bertz CT molecular complexity index is 311. The van der Waals surface area contributed by atoms with Crippen LogP contribution in [0.1, 0.15) is 26.2 Å². The Kier molecular flexibility index (Phi) is 1.76. The van der Waals surface area contributed by atoms with E-state index in [1.165, 1.54) is 35.1 Å². The van der Waals surface area contributed by atoms with Crippen molar-refractivity contribution < 1.29 is 0 Å². The molecule has 0 heterocycles. The lowest BCUT2D eigenvalue weighted by molar-refractivity contribution is 0.993. The molecule has 0 N–H and O–H groups in total. The second-order valence-electron chi connectivity index (χ2n) is 3.59. The van der Waals surface area contributed by atoms with Gasteiger partial charge in [-0.15, -0.1) is 0 Å². The zero-order chi connectivity index (χ0) is 8.55. The quantitative estimate of drug-likeness (QED) is 0.547. The van der Waals surface area contributed by atoms with Gasteiger partial charge in [0.15, 0.2) is 0 Å². The zero-order valence-electron chi connectivity index (χ0n) is 7.56. The molecule has 0 amide bonds. The maximum Gasteiger partial charge on any atom is -0.00205 e. The molecular weight excluding hydrogens is 144 g/mol. The van der Waals surface area contributed by atoms with Gasteiger partial charge in [-0.05, 0) is 42.9 Å². The van der Waals surface area contributed by atoms with Crippen LogP contribution >= 0.6 is 0 Å². The van der Waals surface area contributed by atoms with Crippen molar-refractivity contribution in [2.45, 2.75) is 26.2 Å². The van der Waals surface area contributed by atoms with Gasteiger partial charge in [0.25, 0.3) is 0 Å². The van der Waals surface area contributed by atoms with E-state index in [9.17, 15) is 0 Å². The molecule has 0 radical (unpaired) electrons. The van der Waals surface area contributed by atoms with E-state index < -0.39 is 0 Å². The molecule has 0 fully saturated rings. The average Bonchev–Trinajstić information content (AvgIpc) is 2.46. The Balaban J connectivity index is 2.31. The molecule has 2 aliphatic rings. The number of fused-ring (bicyclic) bond motifs is 1. The molecular formula is C12H14. The highest BCUT2D eigenvalue weighted by molar-refractivity contribution is 5.55. The van der Waals surface area contributed by atoms with Crippen molar-refractivity contribution in [2.24, 2.45) is 0 Å². The van der Waals surface area contributed by atoms with Crippen molar-refractivity contribution in [3.8, 4) is 0 Å². The Hall–Kier alpha value is -1.04. The van der Waals surface area contributed by atoms with Gasteiger partial charge in [0.05, 0.1) is 0 Å². The van der Waals surface area contributed by atoms with Crippen LogP contribution in [0.2, 0.25) is 0 Å². The summed E-state index contributed by atoms with van der Waals surface area (Å²) in [4.78, 5) is 0.